The van der Waals surface area contributed by atoms with E-state index in [2.05, 4.69) is 5.32 Å². The van der Waals surface area contributed by atoms with Crippen molar-refractivity contribution in [2.45, 2.75) is 6.54 Å². The van der Waals surface area contributed by atoms with Gasteiger partial charge < -0.3 is 10.4 Å². The van der Waals surface area contributed by atoms with Gasteiger partial charge in [-0.2, -0.15) is 0 Å². The molecule has 0 radical (unpaired) electrons. The molecule has 0 unspecified atom stereocenters. The Morgan fingerprint density at radius 2 is 1.84 bits per heavy atom. The molecule has 0 spiro atoms. The lowest BCUT2D eigenvalue weighted by Crippen LogP contribution is -2.22. The second-order valence-corrected chi connectivity index (χ2v) is 4.83. The molecule has 0 aliphatic rings. The second kappa shape index (κ2) is 5.62. The van der Waals surface area contributed by atoms with Gasteiger partial charge in [0, 0.05) is 12.1 Å². The van der Waals surface area contributed by atoms with Crippen molar-refractivity contribution in [3.8, 4) is 0 Å². The first-order valence-electron chi connectivity index (χ1n) is 5.42. The van der Waals surface area contributed by atoms with Crippen LogP contribution in [0.15, 0.2) is 36.4 Å². The van der Waals surface area contributed by atoms with Gasteiger partial charge in [-0.05, 0) is 18.2 Å². The highest BCUT2D eigenvalue weighted by Crippen LogP contribution is 2.16. The van der Waals surface area contributed by atoms with E-state index in [-0.39, 0.29) is 22.1 Å². The number of benzene rings is 1. The van der Waals surface area contributed by atoms with Gasteiger partial charge in [0.25, 0.3) is 5.91 Å². The van der Waals surface area contributed by atoms with Crippen LogP contribution in [-0.2, 0) is 6.54 Å². The van der Waals surface area contributed by atoms with E-state index < -0.39 is 11.9 Å². The first-order chi connectivity index (χ1) is 9.08. The van der Waals surface area contributed by atoms with E-state index in [1.165, 1.54) is 18.2 Å². The Morgan fingerprint density at radius 3 is 2.47 bits per heavy atom. The predicted octanol–water partition coefficient (Wildman–Crippen LogP) is 2.52. The highest BCUT2D eigenvalue weighted by Gasteiger charge is 2.13. The van der Waals surface area contributed by atoms with Gasteiger partial charge in [0.05, 0.1) is 4.88 Å². The van der Waals surface area contributed by atoms with Crippen LogP contribution in [0, 0.1) is 5.82 Å². The number of carboxylic acid groups (broad SMARTS) is 1. The first-order valence-corrected chi connectivity index (χ1v) is 6.24. The summed E-state index contributed by atoms with van der Waals surface area (Å²) in [6, 6.07) is 8.94. The lowest BCUT2D eigenvalue weighted by Gasteiger charge is -2.04. The molecule has 0 saturated carbocycles. The number of amides is 1. The van der Waals surface area contributed by atoms with E-state index in [4.69, 9.17) is 5.11 Å². The van der Waals surface area contributed by atoms with Gasteiger partial charge >= 0.3 is 5.97 Å². The van der Waals surface area contributed by atoms with Crippen LogP contribution in [0.3, 0.4) is 0 Å². The Labute approximate surface area is 112 Å². The molecular formula is C13H10FNO3S. The summed E-state index contributed by atoms with van der Waals surface area (Å²) in [7, 11) is 0. The summed E-state index contributed by atoms with van der Waals surface area (Å²) >= 11 is 0.883. The van der Waals surface area contributed by atoms with Gasteiger partial charge in [-0.1, -0.05) is 18.2 Å². The van der Waals surface area contributed by atoms with Gasteiger partial charge in [-0.15, -0.1) is 11.3 Å². The zero-order valence-corrected chi connectivity index (χ0v) is 10.5. The fourth-order valence-corrected chi connectivity index (χ4v) is 2.24. The molecule has 0 aliphatic heterocycles. The summed E-state index contributed by atoms with van der Waals surface area (Å²) in [6.07, 6.45) is 0. The second-order valence-electron chi connectivity index (χ2n) is 3.74. The molecule has 1 aromatic heterocycles. The molecule has 1 heterocycles. The largest absolute Gasteiger partial charge is 0.477 e. The number of thiophene rings is 1. The van der Waals surface area contributed by atoms with Gasteiger partial charge in [0.1, 0.15) is 10.7 Å². The third kappa shape index (κ3) is 3.17. The maximum atomic E-state index is 13.3. The summed E-state index contributed by atoms with van der Waals surface area (Å²) in [5, 5.41) is 11.3. The number of hydrogen-bond donors (Lipinski definition) is 2. The Hall–Kier alpha value is -2.21. The highest BCUT2D eigenvalue weighted by molar-refractivity contribution is 7.15. The fourth-order valence-electron chi connectivity index (χ4n) is 1.48. The zero-order valence-electron chi connectivity index (χ0n) is 9.72. The van der Waals surface area contributed by atoms with Crippen molar-refractivity contribution in [1.82, 2.24) is 5.32 Å². The standard InChI is InChI=1S/C13H10FNO3S/c14-9-4-2-1-3-8(9)7-15-12(16)10-5-6-11(19-10)13(17)18/h1-6H,7H2,(H,15,16)(H,17,18). The topological polar surface area (TPSA) is 66.4 Å². The molecule has 0 aliphatic carbocycles. The number of rotatable bonds is 4. The number of carboxylic acids is 1. The predicted molar refractivity (Wildman–Crippen MR) is 68.8 cm³/mol. The van der Waals surface area contributed by atoms with Crippen LogP contribution in [0.2, 0.25) is 0 Å². The number of carbonyl (C=O) groups is 2. The SMILES string of the molecule is O=C(O)c1ccc(C(=O)NCc2ccccc2F)s1. The smallest absolute Gasteiger partial charge is 0.345 e. The summed E-state index contributed by atoms with van der Waals surface area (Å²) in [5.41, 5.74) is 0.380. The Balaban J connectivity index is 2.01. The Morgan fingerprint density at radius 1 is 1.16 bits per heavy atom. The van der Waals surface area contributed by atoms with Crippen molar-refractivity contribution in [1.29, 1.82) is 0 Å². The molecule has 2 N–H and O–H groups in total. The average Bonchev–Trinajstić information content (AvgIpc) is 2.87. The van der Waals surface area contributed by atoms with Gasteiger partial charge in [0.15, 0.2) is 0 Å². The molecule has 2 aromatic rings. The van der Waals surface area contributed by atoms with Crippen molar-refractivity contribution in [2.75, 3.05) is 0 Å². The van der Waals surface area contributed by atoms with E-state index in [1.54, 1.807) is 18.2 Å². The Kier molecular flexibility index (Phi) is 3.91. The van der Waals surface area contributed by atoms with Crippen molar-refractivity contribution < 1.29 is 19.1 Å². The van der Waals surface area contributed by atoms with E-state index in [0.29, 0.717) is 5.56 Å². The molecule has 0 bridgehead atoms. The molecule has 0 fully saturated rings. The van der Waals surface area contributed by atoms with Gasteiger partial charge in [-0.25, -0.2) is 9.18 Å². The lowest BCUT2D eigenvalue weighted by molar-refractivity contribution is 0.0702. The van der Waals surface area contributed by atoms with E-state index in [1.807, 2.05) is 0 Å². The maximum absolute atomic E-state index is 13.3. The number of hydrogen-bond acceptors (Lipinski definition) is 3. The molecule has 1 aromatic carbocycles. The van der Waals surface area contributed by atoms with E-state index >= 15 is 0 Å². The molecular weight excluding hydrogens is 269 g/mol. The third-order valence-corrected chi connectivity index (χ3v) is 3.51. The summed E-state index contributed by atoms with van der Waals surface area (Å²) in [4.78, 5) is 22.8. The fraction of sp³-hybridized carbons (Fsp3) is 0.0769. The molecule has 6 heteroatoms. The summed E-state index contributed by atoms with van der Waals surface area (Å²) in [5.74, 6) is -1.88. The van der Waals surface area contributed by atoms with Crippen LogP contribution < -0.4 is 5.32 Å². The molecule has 98 valence electrons. The number of nitrogens with one attached hydrogen (secondary N) is 1. The van der Waals surface area contributed by atoms with Crippen LogP contribution in [0.25, 0.3) is 0 Å². The lowest BCUT2D eigenvalue weighted by atomic mass is 10.2. The summed E-state index contributed by atoms with van der Waals surface area (Å²) < 4.78 is 13.3. The van der Waals surface area contributed by atoms with Crippen LogP contribution in [0.1, 0.15) is 24.9 Å². The van der Waals surface area contributed by atoms with Gasteiger partial charge in [0.2, 0.25) is 0 Å². The van der Waals surface area contributed by atoms with Crippen molar-refractivity contribution in [3.63, 3.8) is 0 Å². The molecule has 19 heavy (non-hydrogen) atoms. The van der Waals surface area contributed by atoms with E-state index in [9.17, 15) is 14.0 Å². The molecule has 0 saturated heterocycles. The molecule has 0 atom stereocenters. The van der Waals surface area contributed by atoms with Crippen molar-refractivity contribution in [2.24, 2.45) is 0 Å². The molecule has 4 nitrogen and oxygen atoms in total. The maximum Gasteiger partial charge on any atom is 0.345 e. The quantitative estimate of drug-likeness (QED) is 0.903. The first kappa shape index (κ1) is 13.2. The van der Waals surface area contributed by atoms with Crippen molar-refractivity contribution in [3.05, 3.63) is 57.5 Å². The monoisotopic (exact) mass is 279 g/mol. The minimum atomic E-state index is -1.07. The average molecular weight is 279 g/mol. The number of halogens is 1. The minimum Gasteiger partial charge on any atom is -0.477 e. The van der Waals surface area contributed by atoms with E-state index in [0.717, 1.165) is 11.3 Å². The summed E-state index contributed by atoms with van der Waals surface area (Å²) in [6.45, 7) is 0.0613. The number of carbonyl (C=O) groups excluding carboxylic acids is 1. The molecule has 1 amide bonds. The number of aromatic carboxylic acids is 1. The highest BCUT2D eigenvalue weighted by atomic mass is 32.1. The van der Waals surface area contributed by atoms with Crippen LogP contribution in [0.5, 0.6) is 0 Å². The molecule has 2 rings (SSSR count). The zero-order chi connectivity index (χ0) is 13.8. The third-order valence-electron chi connectivity index (χ3n) is 2.44. The van der Waals surface area contributed by atoms with Crippen molar-refractivity contribution >= 4 is 23.2 Å². The van der Waals surface area contributed by atoms with Crippen LogP contribution in [0.4, 0.5) is 4.39 Å². The van der Waals surface area contributed by atoms with Crippen LogP contribution >= 0.6 is 11.3 Å². The Bertz CT molecular complexity index is 624. The van der Waals surface area contributed by atoms with Gasteiger partial charge in [-0.3, -0.25) is 4.79 Å². The van der Waals surface area contributed by atoms with Crippen LogP contribution in [-0.4, -0.2) is 17.0 Å². The minimum absolute atomic E-state index is 0.0613. The normalized spacial score (nSPS) is 10.2.